The number of carbonyl (C=O) groups is 1. The van der Waals surface area contributed by atoms with Crippen molar-refractivity contribution in [2.45, 2.75) is 0 Å². The Kier molecular flexibility index (Phi) is 2.69. The lowest BCUT2D eigenvalue weighted by atomic mass is 10.2. The monoisotopic (exact) mass is 286 g/mol. The van der Waals surface area contributed by atoms with Gasteiger partial charge in [-0.1, -0.05) is 0 Å². The number of aromatic nitrogens is 2. The largest absolute Gasteiger partial charge is 0.474 e. The van der Waals surface area contributed by atoms with Crippen molar-refractivity contribution in [3.63, 3.8) is 0 Å². The molecule has 0 saturated carbocycles. The van der Waals surface area contributed by atoms with Gasteiger partial charge in [-0.15, -0.1) is 10.2 Å². The molecular formula is C9H4BrFN2O3. The number of halogens is 2. The van der Waals surface area contributed by atoms with E-state index in [0.717, 1.165) is 0 Å². The summed E-state index contributed by atoms with van der Waals surface area (Å²) in [6.07, 6.45) is 0. The van der Waals surface area contributed by atoms with Crippen LogP contribution < -0.4 is 0 Å². The van der Waals surface area contributed by atoms with Crippen molar-refractivity contribution in [3.05, 3.63) is 34.4 Å². The van der Waals surface area contributed by atoms with Gasteiger partial charge in [0.25, 0.3) is 0 Å². The molecule has 1 N–H and O–H groups in total. The lowest BCUT2D eigenvalue weighted by molar-refractivity contribution is 0.0654. The molecule has 2 rings (SSSR count). The SMILES string of the molecule is O=C(O)c1nnc(-c2ccc(F)cc2Br)o1. The molecule has 0 spiro atoms. The van der Waals surface area contributed by atoms with Crippen molar-refractivity contribution in [1.82, 2.24) is 10.2 Å². The van der Waals surface area contributed by atoms with Crippen molar-refractivity contribution < 1.29 is 18.7 Å². The molecule has 1 heterocycles. The quantitative estimate of drug-likeness (QED) is 0.917. The van der Waals surface area contributed by atoms with E-state index in [1.807, 2.05) is 0 Å². The highest BCUT2D eigenvalue weighted by Crippen LogP contribution is 2.27. The van der Waals surface area contributed by atoms with Gasteiger partial charge in [0.15, 0.2) is 0 Å². The molecule has 0 radical (unpaired) electrons. The fraction of sp³-hybridized carbons (Fsp3) is 0. The van der Waals surface area contributed by atoms with E-state index in [0.29, 0.717) is 10.0 Å². The van der Waals surface area contributed by atoms with Crippen LogP contribution in [0.2, 0.25) is 0 Å². The number of rotatable bonds is 2. The fourth-order valence-corrected chi connectivity index (χ4v) is 1.60. The van der Waals surface area contributed by atoms with Crippen LogP contribution in [0.15, 0.2) is 27.1 Å². The standard InChI is InChI=1S/C9H4BrFN2O3/c10-6-3-4(11)1-2-5(6)7-12-13-8(16-7)9(14)15/h1-3H,(H,14,15). The number of carboxylic acids is 1. The van der Waals surface area contributed by atoms with E-state index in [4.69, 9.17) is 9.52 Å². The molecule has 0 aliphatic rings. The number of benzene rings is 1. The van der Waals surface area contributed by atoms with Crippen LogP contribution in [-0.4, -0.2) is 21.3 Å². The Morgan fingerprint density at radius 2 is 2.19 bits per heavy atom. The van der Waals surface area contributed by atoms with Crippen LogP contribution in [0.25, 0.3) is 11.5 Å². The lowest BCUT2D eigenvalue weighted by Crippen LogP contribution is -1.95. The van der Waals surface area contributed by atoms with Crippen molar-refractivity contribution in [2.24, 2.45) is 0 Å². The number of nitrogens with zero attached hydrogens (tertiary/aromatic N) is 2. The van der Waals surface area contributed by atoms with E-state index in [-0.39, 0.29) is 5.89 Å². The number of carboxylic acid groups (broad SMARTS) is 1. The predicted molar refractivity (Wildman–Crippen MR) is 54.4 cm³/mol. The molecule has 7 heteroatoms. The van der Waals surface area contributed by atoms with E-state index in [1.54, 1.807) is 0 Å². The zero-order chi connectivity index (χ0) is 11.7. The summed E-state index contributed by atoms with van der Waals surface area (Å²) in [4.78, 5) is 10.5. The van der Waals surface area contributed by atoms with Gasteiger partial charge in [0.05, 0.1) is 5.56 Å². The van der Waals surface area contributed by atoms with Gasteiger partial charge in [-0.3, -0.25) is 0 Å². The zero-order valence-electron chi connectivity index (χ0n) is 7.65. The summed E-state index contributed by atoms with van der Waals surface area (Å²) in [6, 6.07) is 3.85. The van der Waals surface area contributed by atoms with Gasteiger partial charge >= 0.3 is 11.9 Å². The maximum absolute atomic E-state index is 12.8. The third-order valence-corrected chi connectivity index (χ3v) is 2.43. The third-order valence-electron chi connectivity index (χ3n) is 1.77. The Hall–Kier alpha value is -1.76. The summed E-state index contributed by atoms with van der Waals surface area (Å²) in [5.74, 6) is -2.22. The van der Waals surface area contributed by atoms with Crippen molar-refractivity contribution in [3.8, 4) is 11.5 Å². The summed E-state index contributed by atoms with van der Waals surface area (Å²) in [5, 5.41) is 15.5. The zero-order valence-corrected chi connectivity index (χ0v) is 9.23. The Balaban J connectivity index is 2.46. The number of hydrogen-bond donors (Lipinski definition) is 1. The molecule has 2 aromatic rings. The average molecular weight is 287 g/mol. The summed E-state index contributed by atoms with van der Waals surface area (Å²) < 4.78 is 18.1. The van der Waals surface area contributed by atoms with Gasteiger partial charge in [-0.25, -0.2) is 9.18 Å². The first-order valence-electron chi connectivity index (χ1n) is 4.10. The van der Waals surface area contributed by atoms with E-state index in [9.17, 15) is 9.18 Å². The first kappa shape index (κ1) is 10.7. The van der Waals surface area contributed by atoms with Crippen LogP contribution in [0, 0.1) is 5.82 Å². The van der Waals surface area contributed by atoms with Gasteiger partial charge in [-0.05, 0) is 34.1 Å². The molecule has 0 aliphatic heterocycles. The number of hydrogen-bond acceptors (Lipinski definition) is 4. The Bertz CT molecular complexity index is 555. The van der Waals surface area contributed by atoms with Gasteiger partial charge in [-0.2, -0.15) is 0 Å². The number of aromatic carboxylic acids is 1. The summed E-state index contributed by atoms with van der Waals surface area (Å²) >= 11 is 3.11. The topological polar surface area (TPSA) is 76.2 Å². The fourth-order valence-electron chi connectivity index (χ4n) is 1.08. The van der Waals surface area contributed by atoms with Crippen molar-refractivity contribution in [2.75, 3.05) is 0 Å². The molecule has 82 valence electrons. The van der Waals surface area contributed by atoms with E-state index in [2.05, 4.69) is 26.1 Å². The molecule has 5 nitrogen and oxygen atoms in total. The molecular weight excluding hydrogens is 283 g/mol. The van der Waals surface area contributed by atoms with Crippen LogP contribution in [-0.2, 0) is 0 Å². The maximum Gasteiger partial charge on any atom is 0.393 e. The molecule has 0 aliphatic carbocycles. The normalized spacial score (nSPS) is 10.4. The first-order chi connectivity index (χ1) is 7.58. The minimum Gasteiger partial charge on any atom is -0.474 e. The third kappa shape index (κ3) is 1.94. The second-order valence-corrected chi connectivity index (χ2v) is 3.70. The molecule has 0 bridgehead atoms. The molecule has 0 fully saturated rings. The summed E-state index contributed by atoms with van der Waals surface area (Å²) in [7, 11) is 0. The van der Waals surface area contributed by atoms with Crippen LogP contribution in [0.4, 0.5) is 4.39 Å². The van der Waals surface area contributed by atoms with Crippen LogP contribution in [0.3, 0.4) is 0 Å². The molecule has 16 heavy (non-hydrogen) atoms. The molecule has 0 unspecified atom stereocenters. The molecule has 1 aromatic heterocycles. The van der Waals surface area contributed by atoms with Crippen LogP contribution in [0.1, 0.15) is 10.7 Å². The maximum atomic E-state index is 12.8. The van der Waals surface area contributed by atoms with Gasteiger partial charge in [0.2, 0.25) is 5.89 Å². The molecule has 1 aromatic carbocycles. The summed E-state index contributed by atoms with van der Waals surface area (Å²) in [5.41, 5.74) is 0.432. The Labute approximate surface area is 97.0 Å². The Morgan fingerprint density at radius 3 is 2.75 bits per heavy atom. The predicted octanol–water partition coefficient (Wildman–Crippen LogP) is 2.34. The average Bonchev–Trinajstić information content (AvgIpc) is 2.66. The molecule has 0 amide bonds. The van der Waals surface area contributed by atoms with E-state index in [1.165, 1.54) is 18.2 Å². The van der Waals surface area contributed by atoms with E-state index < -0.39 is 17.7 Å². The smallest absolute Gasteiger partial charge is 0.393 e. The van der Waals surface area contributed by atoms with Crippen LogP contribution >= 0.6 is 15.9 Å². The van der Waals surface area contributed by atoms with Gasteiger partial charge < -0.3 is 9.52 Å². The Morgan fingerprint density at radius 1 is 1.44 bits per heavy atom. The van der Waals surface area contributed by atoms with E-state index >= 15 is 0 Å². The minimum absolute atomic E-state index is 0.0178. The highest BCUT2D eigenvalue weighted by Gasteiger charge is 2.16. The van der Waals surface area contributed by atoms with Crippen LogP contribution in [0.5, 0.6) is 0 Å². The van der Waals surface area contributed by atoms with Gasteiger partial charge in [0.1, 0.15) is 5.82 Å². The second-order valence-electron chi connectivity index (χ2n) is 2.84. The summed E-state index contributed by atoms with van der Waals surface area (Å²) in [6.45, 7) is 0. The second kappa shape index (κ2) is 4.01. The van der Waals surface area contributed by atoms with Crippen molar-refractivity contribution in [1.29, 1.82) is 0 Å². The van der Waals surface area contributed by atoms with Crippen molar-refractivity contribution >= 4 is 21.9 Å². The molecule has 0 saturated heterocycles. The lowest BCUT2D eigenvalue weighted by Gasteiger charge is -1.98. The minimum atomic E-state index is -1.31. The highest BCUT2D eigenvalue weighted by atomic mass is 79.9. The highest BCUT2D eigenvalue weighted by molar-refractivity contribution is 9.10. The molecule has 0 atom stereocenters. The first-order valence-corrected chi connectivity index (χ1v) is 4.89. The van der Waals surface area contributed by atoms with Gasteiger partial charge in [0, 0.05) is 4.47 Å².